The fourth-order valence-corrected chi connectivity index (χ4v) is 5.01. The molecule has 0 aliphatic rings. The second-order valence-electron chi connectivity index (χ2n) is 11.1. The van der Waals surface area contributed by atoms with Gasteiger partial charge in [-0.2, -0.15) is 0 Å². The van der Waals surface area contributed by atoms with E-state index < -0.39 is 85.8 Å². The van der Waals surface area contributed by atoms with E-state index in [0.717, 1.165) is 0 Å². The molecule has 0 fully saturated rings. The predicted octanol–water partition coefficient (Wildman–Crippen LogP) is 1.43. The van der Waals surface area contributed by atoms with E-state index in [1.165, 1.54) is 12.1 Å². The first-order chi connectivity index (χ1) is 24.7. The molecule has 0 saturated carbocycles. The number of aryl methyl sites for hydroxylation is 2. The number of nitrogens with one attached hydrogen (secondary N) is 1. The highest BCUT2D eigenvalue weighted by Crippen LogP contribution is 2.26. The molecule has 4 atom stereocenters. The average molecular weight is 646 g/mol. The quantitative estimate of drug-likeness (QED) is 0.0589. The Hall–Kier alpha value is -4.29. The number of phenolic OH excluding ortho intramolecular Hbond substituents is 1. The van der Waals surface area contributed by atoms with Gasteiger partial charge in [0.15, 0.2) is 11.7 Å². The molecule has 0 radical (unpaired) electrons. The molecule has 0 unspecified atom stereocenters. The summed E-state index contributed by atoms with van der Waals surface area (Å²) in [5, 5.41) is 12.3. The van der Waals surface area contributed by atoms with Gasteiger partial charge in [0, 0.05) is 42.2 Å². The third-order valence-electron chi connectivity index (χ3n) is 7.47. The summed E-state index contributed by atoms with van der Waals surface area (Å²) in [6.07, 6.45) is -12.7. The second kappa shape index (κ2) is 19.3. The van der Waals surface area contributed by atoms with E-state index in [1.807, 2.05) is 0 Å². The Bertz CT molecular complexity index is 1660. The molecule has 0 bridgehead atoms. The SMILES string of the molecule is [2H]C([2H])(N)C([2H])([2H])C([2H])([2H])C([2H])([2H])[C@H](NC(=O)[C@@H](CC(=O)[C@H](N)CCCN=C(N)N)Cc1c(C)cc(O)cc1C)C(=O)C[C@@H](Cc1ccccc1)C(N)=O. The molecule has 2 amide bonds. The molecule has 2 rings (SSSR count). The number of rotatable bonds is 21. The number of aliphatic imine (C=N–C) groups is 1. The van der Waals surface area contributed by atoms with Gasteiger partial charge in [-0.15, -0.1) is 0 Å². The van der Waals surface area contributed by atoms with E-state index in [9.17, 15) is 24.3 Å². The molecular formula is C34H51N7O5. The number of phenols is 1. The van der Waals surface area contributed by atoms with Gasteiger partial charge in [0.05, 0.1) is 12.1 Å². The van der Waals surface area contributed by atoms with Crippen LogP contribution in [0.1, 0.15) is 78.0 Å². The zero-order valence-corrected chi connectivity index (χ0v) is 26.2. The van der Waals surface area contributed by atoms with Crippen molar-refractivity contribution >= 4 is 29.3 Å². The highest BCUT2D eigenvalue weighted by molar-refractivity contribution is 5.94. The highest BCUT2D eigenvalue weighted by Gasteiger charge is 2.31. The summed E-state index contributed by atoms with van der Waals surface area (Å²) < 4.78 is 66.6. The number of ketones is 2. The topological polar surface area (TPSA) is 243 Å². The molecule has 0 aliphatic carbocycles. The zero-order valence-electron chi connectivity index (χ0n) is 34.2. The summed E-state index contributed by atoms with van der Waals surface area (Å²) in [5.74, 6) is -6.84. The maximum Gasteiger partial charge on any atom is 0.224 e. The van der Waals surface area contributed by atoms with Gasteiger partial charge in [0.25, 0.3) is 0 Å². The van der Waals surface area contributed by atoms with Crippen molar-refractivity contribution in [2.24, 2.45) is 45.5 Å². The number of carbonyl (C=O) groups excluding carboxylic acids is 4. The van der Waals surface area contributed by atoms with Crippen molar-refractivity contribution in [3.63, 3.8) is 0 Å². The Morgan fingerprint density at radius 3 is 2.15 bits per heavy atom. The molecule has 12 heteroatoms. The van der Waals surface area contributed by atoms with Crippen LogP contribution in [0.5, 0.6) is 5.75 Å². The van der Waals surface area contributed by atoms with Gasteiger partial charge in [-0.1, -0.05) is 30.3 Å². The number of carbonyl (C=O) groups is 4. The van der Waals surface area contributed by atoms with Crippen molar-refractivity contribution in [3.05, 3.63) is 64.7 Å². The van der Waals surface area contributed by atoms with Crippen LogP contribution in [-0.4, -0.2) is 59.6 Å². The van der Waals surface area contributed by atoms with Crippen LogP contribution in [0.4, 0.5) is 0 Å². The molecule has 46 heavy (non-hydrogen) atoms. The van der Waals surface area contributed by atoms with Crippen LogP contribution in [0.15, 0.2) is 47.5 Å². The highest BCUT2D eigenvalue weighted by atomic mass is 16.3. The minimum atomic E-state index is -3.90. The largest absolute Gasteiger partial charge is 0.508 e. The monoisotopic (exact) mass is 645 g/mol. The Kier molecular flexibility index (Phi) is 11.3. The van der Waals surface area contributed by atoms with Crippen LogP contribution >= 0.6 is 0 Å². The maximum atomic E-state index is 14.3. The number of nitrogens with zero attached hydrogens (tertiary/aromatic N) is 1. The van der Waals surface area contributed by atoms with Crippen LogP contribution < -0.4 is 34.0 Å². The standard InChI is InChI=1S/C34H51N7O5/c1-21-15-26(42)16-22(2)27(21)18-25(20-30(43)28(36)11-8-14-40-34(38)39)33(46)41-29(12-6-7-13-35)31(44)19-24(32(37)45)17-23-9-4-3-5-10-23/h3-5,9-10,15-16,24-25,28-29,42H,6-8,11-14,17-20,35-36H2,1-2H3,(H2,37,45)(H,41,46)(H4,38,39,40)/t24-,25-,28-,29+/m1/s1/i6D2,7D2,12D2,13D2. The summed E-state index contributed by atoms with van der Waals surface area (Å²) in [4.78, 5) is 58.1. The smallest absolute Gasteiger partial charge is 0.224 e. The first-order valence-electron chi connectivity index (χ1n) is 18.8. The van der Waals surface area contributed by atoms with Gasteiger partial charge in [0.2, 0.25) is 11.8 Å². The van der Waals surface area contributed by atoms with E-state index in [1.54, 1.807) is 44.2 Å². The third kappa shape index (κ3) is 13.0. The summed E-state index contributed by atoms with van der Waals surface area (Å²) in [5.41, 5.74) is 29.9. The first kappa shape index (κ1) is 26.9. The number of amides is 2. The van der Waals surface area contributed by atoms with Crippen molar-refractivity contribution in [1.29, 1.82) is 0 Å². The first-order valence-corrected chi connectivity index (χ1v) is 14.8. The Morgan fingerprint density at radius 2 is 1.57 bits per heavy atom. The van der Waals surface area contributed by atoms with E-state index in [2.05, 4.69) is 10.3 Å². The molecule has 0 heterocycles. The number of benzene rings is 2. The lowest BCUT2D eigenvalue weighted by Gasteiger charge is -2.25. The molecule has 12 N–H and O–H groups in total. The fraction of sp³-hybridized carbons (Fsp3) is 0.500. The molecule has 0 saturated heterocycles. The molecule has 252 valence electrons. The molecule has 2 aromatic rings. The zero-order chi connectivity index (χ0) is 41.4. The Morgan fingerprint density at radius 1 is 0.935 bits per heavy atom. The van der Waals surface area contributed by atoms with E-state index >= 15 is 0 Å². The van der Waals surface area contributed by atoms with Crippen molar-refractivity contribution in [2.75, 3.05) is 13.0 Å². The minimum Gasteiger partial charge on any atom is -0.508 e. The molecule has 0 aromatic heterocycles. The van der Waals surface area contributed by atoms with Crippen molar-refractivity contribution < 1.29 is 35.3 Å². The van der Waals surface area contributed by atoms with Gasteiger partial charge in [-0.25, -0.2) is 0 Å². The van der Waals surface area contributed by atoms with Gasteiger partial charge >= 0.3 is 0 Å². The summed E-state index contributed by atoms with van der Waals surface area (Å²) >= 11 is 0. The van der Waals surface area contributed by atoms with Crippen molar-refractivity contribution in [3.8, 4) is 5.75 Å². The summed E-state index contributed by atoms with van der Waals surface area (Å²) in [6, 6.07) is 7.55. The number of Topliss-reactive ketones (excluding diaryl/α,β-unsaturated/α-hetero) is 2. The van der Waals surface area contributed by atoms with Gasteiger partial charge in [0.1, 0.15) is 11.5 Å². The number of hydrogen-bond acceptors (Lipinski definition) is 8. The average Bonchev–Trinajstić information content (AvgIpc) is 3.05. The number of guanidine groups is 1. The van der Waals surface area contributed by atoms with Crippen molar-refractivity contribution in [2.45, 2.75) is 83.6 Å². The van der Waals surface area contributed by atoms with Crippen LogP contribution in [0.2, 0.25) is 0 Å². The van der Waals surface area contributed by atoms with E-state index in [4.69, 9.17) is 39.6 Å². The van der Waals surface area contributed by atoms with Crippen molar-refractivity contribution in [1.82, 2.24) is 5.32 Å². The van der Waals surface area contributed by atoms with E-state index in [-0.39, 0.29) is 37.5 Å². The maximum absolute atomic E-state index is 14.3. The van der Waals surface area contributed by atoms with Crippen LogP contribution in [0.3, 0.4) is 0 Å². The van der Waals surface area contributed by atoms with Gasteiger partial charge in [-0.3, -0.25) is 24.2 Å². The van der Waals surface area contributed by atoms with Gasteiger partial charge < -0.3 is 39.1 Å². The number of nitrogens with two attached hydrogens (primary N) is 5. The third-order valence-corrected chi connectivity index (χ3v) is 7.47. The molecule has 12 nitrogen and oxygen atoms in total. The number of hydrogen-bond donors (Lipinski definition) is 7. The summed E-state index contributed by atoms with van der Waals surface area (Å²) in [7, 11) is 0. The van der Waals surface area contributed by atoms with Crippen LogP contribution in [0.25, 0.3) is 0 Å². The Balaban J connectivity index is 2.65. The Labute approximate surface area is 282 Å². The minimum absolute atomic E-state index is 0.0664. The molecule has 0 spiro atoms. The van der Waals surface area contributed by atoms with Crippen LogP contribution in [0, 0.1) is 25.7 Å². The normalized spacial score (nSPS) is 17.5. The second-order valence-corrected chi connectivity index (χ2v) is 11.1. The fourth-order valence-electron chi connectivity index (χ4n) is 5.01. The van der Waals surface area contributed by atoms with E-state index in [0.29, 0.717) is 28.7 Å². The lowest BCUT2D eigenvalue weighted by Crippen LogP contribution is -2.46. The molecule has 2 aromatic carbocycles. The van der Waals surface area contributed by atoms with Crippen LogP contribution in [-0.2, 0) is 32.0 Å². The number of primary amides is 1. The predicted molar refractivity (Wildman–Crippen MR) is 180 cm³/mol. The lowest BCUT2D eigenvalue weighted by atomic mass is 9.86. The molecule has 0 aliphatic heterocycles. The molecular weight excluding hydrogens is 586 g/mol. The lowest BCUT2D eigenvalue weighted by molar-refractivity contribution is -0.133. The van der Waals surface area contributed by atoms with Gasteiger partial charge in [-0.05, 0) is 99.5 Å². The number of aromatic hydroxyl groups is 1. The summed E-state index contributed by atoms with van der Waals surface area (Å²) in [6.45, 7) is -0.0177.